The van der Waals surface area contributed by atoms with Crippen molar-refractivity contribution in [2.75, 3.05) is 16.6 Å². The number of benzene rings is 2. The molecule has 3 rings (SSSR count). The molecule has 0 unspecified atom stereocenters. The van der Waals surface area contributed by atoms with Crippen LogP contribution in [-0.4, -0.2) is 19.9 Å². The third-order valence-corrected chi connectivity index (χ3v) is 5.10. The number of anilines is 2. The Balaban J connectivity index is 1.58. The van der Waals surface area contributed by atoms with Gasteiger partial charge in [0, 0.05) is 6.54 Å². The van der Waals surface area contributed by atoms with Gasteiger partial charge in [0.05, 0.1) is 16.8 Å². The van der Waals surface area contributed by atoms with Gasteiger partial charge in [-0.2, -0.15) is 0 Å². The van der Waals surface area contributed by atoms with Crippen molar-refractivity contribution in [1.29, 1.82) is 0 Å². The zero-order chi connectivity index (χ0) is 18.4. The molecule has 7 heteroatoms. The van der Waals surface area contributed by atoms with Crippen LogP contribution in [0.25, 0.3) is 0 Å². The second kappa shape index (κ2) is 7.97. The van der Waals surface area contributed by atoms with Crippen molar-refractivity contribution in [1.82, 2.24) is 4.98 Å². The first-order chi connectivity index (χ1) is 12.5. The van der Waals surface area contributed by atoms with E-state index in [1.807, 2.05) is 18.2 Å². The Kier molecular flexibility index (Phi) is 5.48. The summed E-state index contributed by atoms with van der Waals surface area (Å²) in [6.45, 7) is 0.720. The molecule has 0 aliphatic rings. The maximum Gasteiger partial charge on any atom is 0.261 e. The second-order valence-corrected chi connectivity index (χ2v) is 7.34. The van der Waals surface area contributed by atoms with Gasteiger partial charge in [-0.25, -0.2) is 17.8 Å². The van der Waals surface area contributed by atoms with E-state index < -0.39 is 15.8 Å². The topological polar surface area (TPSA) is 71.1 Å². The van der Waals surface area contributed by atoms with E-state index >= 15 is 0 Å². The number of nitrogens with zero attached hydrogens (tertiary/aromatic N) is 1. The number of pyridine rings is 1. The van der Waals surface area contributed by atoms with E-state index in [0.29, 0.717) is 11.5 Å². The number of aromatic nitrogens is 1. The number of halogens is 1. The average molecular weight is 371 g/mol. The Morgan fingerprint density at radius 2 is 1.65 bits per heavy atom. The second-order valence-electron chi connectivity index (χ2n) is 5.65. The molecular weight excluding hydrogens is 353 g/mol. The van der Waals surface area contributed by atoms with Gasteiger partial charge in [-0.15, -0.1) is 0 Å². The van der Waals surface area contributed by atoms with Crippen molar-refractivity contribution in [2.45, 2.75) is 11.3 Å². The SMILES string of the molecule is O=S(=O)(Nc1ccc(NCCc2ccccc2)nc1)c1ccc(F)cc1. The highest BCUT2D eigenvalue weighted by Crippen LogP contribution is 2.17. The molecule has 0 fully saturated rings. The van der Waals surface area contributed by atoms with E-state index in [-0.39, 0.29) is 4.90 Å². The van der Waals surface area contributed by atoms with Crippen LogP contribution in [0.5, 0.6) is 0 Å². The van der Waals surface area contributed by atoms with E-state index in [9.17, 15) is 12.8 Å². The first-order valence-electron chi connectivity index (χ1n) is 8.05. The van der Waals surface area contributed by atoms with Gasteiger partial charge in [-0.05, 0) is 48.4 Å². The van der Waals surface area contributed by atoms with E-state index in [1.165, 1.54) is 23.9 Å². The Bertz CT molecular complexity index is 944. The number of nitrogens with one attached hydrogen (secondary N) is 2. The fourth-order valence-electron chi connectivity index (χ4n) is 2.37. The quantitative estimate of drug-likeness (QED) is 0.665. The molecule has 0 aliphatic heterocycles. The van der Waals surface area contributed by atoms with Gasteiger partial charge < -0.3 is 5.32 Å². The molecular formula is C19H18FN3O2S. The third-order valence-electron chi connectivity index (χ3n) is 3.70. The summed E-state index contributed by atoms with van der Waals surface area (Å²) < 4.78 is 39.8. The van der Waals surface area contributed by atoms with Gasteiger partial charge in [0.15, 0.2) is 0 Å². The zero-order valence-electron chi connectivity index (χ0n) is 13.9. The van der Waals surface area contributed by atoms with Crippen molar-refractivity contribution in [3.05, 3.63) is 84.3 Å². The maximum atomic E-state index is 12.9. The fraction of sp³-hybridized carbons (Fsp3) is 0.105. The lowest BCUT2D eigenvalue weighted by Gasteiger charge is -2.09. The Morgan fingerprint density at radius 3 is 2.31 bits per heavy atom. The molecule has 0 spiro atoms. The normalized spacial score (nSPS) is 11.1. The number of sulfonamides is 1. The van der Waals surface area contributed by atoms with Crippen LogP contribution in [0.1, 0.15) is 5.56 Å². The lowest BCUT2D eigenvalue weighted by molar-refractivity contribution is 0.599. The molecule has 0 bridgehead atoms. The molecule has 1 heterocycles. The fourth-order valence-corrected chi connectivity index (χ4v) is 3.41. The number of hydrogen-bond acceptors (Lipinski definition) is 4. The van der Waals surface area contributed by atoms with Gasteiger partial charge in [-0.3, -0.25) is 4.72 Å². The minimum atomic E-state index is -3.77. The standard InChI is InChI=1S/C19H18FN3O2S/c20-16-6-9-18(10-7-16)26(24,25)23-17-8-11-19(22-14-17)21-13-12-15-4-2-1-3-5-15/h1-11,14,23H,12-13H2,(H,21,22). The van der Waals surface area contributed by atoms with Crippen molar-refractivity contribution in [3.8, 4) is 0 Å². The van der Waals surface area contributed by atoms with Crippen molar-refractivity contribution in [3.63, 3.8) is 0 Å². The van der Waals surface area contributed by atoms with Gasteiger partial charge >= 0.3 is 0 Å². The summed E-state index contributed by atoms with van der Waals surface area (Å²) in [4.78, 5) is 4.19. The minimum Gasteiger partial charge on any atom is -0.370 e. The van der Waals surface area contributed by atoms with Crippen LogP contribution in [0.2, 0.25) is 0 Å². The molecule has 0 saturated heterocycles. The molecule has 3 aromatic rings. The van der Waals surface area contributed by atoms with Gasteiger partial charge in [-0.1, -0.05) is 30.3 Å². The van der Waals surface area contributed by atoms with Crippen LogP contribution >= 0.6 is 0 Å². The zero-order valence-corrected chi connectivity index (χ0v) is 14.7. The van der Waals surface area contributed by atoms with Crippen molar-refractivity contribution < 1.29 is 12.8 Å². The Labute approximate surface area is 152 Å². The molecule has 134 valence electrons. The van der Waals surface area contributed by atoms with Crippen molar-refractivity contribution >= 4 is 21.5 Å². The van der Waals surface area contributed by atoms with Gasteiger partial charge in [0.1, 0.15) is 11.6 Å². The molecule has 0 amide bonds. The number of rotatable bonds is 7. The molecule has 0 atom stereocenters. The molecule has 5 nitrogen and oxygen atoms in total. The van der Waals surface area contributed by atoms with Crippen LogP contribution in [0.4, 0.5) is 15.9 Å². The van der Waals surface area contributed by atoms with E-state index in [0.717, 1.165) is 25.1 Å². The summed E-state index contributed by atoms with van der Waals surface area (Å²) in [6.07, 6.45) is 2.30. The lowest BCUT2D eigenvalue weighted by atomic mass is 10.1. The molecule has 0 saturated carbocycles. The predicted octanol–water partition coefficient (Wildman–Crippen LogP) is 3.68. The largest absolute Gasteiger partial charge is 0.370 e. The van der Waals surface area contributed by atoms with Crippen LogP contribution in [0, 0.1) is 5.82 Å². The van der Waals surface area contributed by atoms with Crippen molar-refractivity contribution in [2.24, 2.45) is 0 Å². The lowest BCUT2D eigenvalue weighted by Crippen LogP contribution is -2.13. The summed E-state index contributed by atoms with van der Waals surface area (Å²) in [5, 5.41) is 3.19. The Hall–Kier alpha value is -2.93. The highest BCUT2D eigenvalue weighted by atomic mass is 32.2. The summed E-state index contributed by atoms with van der Waals surface area (Å²) in [5.74, 6) is 0.169. The van der Waals surface area contributed by atoms with E-state index in [4.69, 9.17) is 0 Å². The number of hydrogen-bond donors (Lipinski definition) is 2. The molecule has 0 aliphatic carbocycles. The highest BCUT2D eigenvalue weighted by Gasteiger charge is 2.14. The van der Waals surface area contributed by atoms with E-state index in [2.05, 4.69) is 27.2 Å². The summed E-state index contributed by atoms with van der Waals surface area (Å²) in [5.41, 5.74) is 1.56. The maximum absolute atomic E-state index is 12.9. The Morgan fingerprint density at radius 1 is 0.923 bits per heavy atom. The predicted molar refractivity (Wildman–Crippen MR) is 100 cm³/mol. The minimum absolute atomic E-state index is 0.0102. The monoisotopic (exact) mass is 371 g/mol. The van der Waals surface area contributed by atoms with E-state index in [1.54, 1.807) is 12.1 Å². The molecule has 2 aromatic carbocycles. The smallest absolute Gasteiger partial charge is 0.261 e. The molecule has 0 radical (unpaired) electrons. The van der Waals surface area contributed by atoms with Gasteiger partial charge in [0.25, 0.3) is 10.0 Å². The summed E-state index contributed by atoms with van der Waals surface area (Å²) in [7, 11) is -3.77. The molecule has 26 heavy (non-hydrogen) atoms. The molecule has 1 aromatic heterocycles. The van der Waals surface area contributed by atoms with Crippen LogP contribution in [0.3, 0.4) is 0 Å². The molecule has 2 N–H and O–H groups in total. The first kappa shape index (κ1) is 17.9. The highest BCUT2D eigenvalue weighted by molar-refractivity contribution is 7.92. The summed E-state index contributed by atoms with van der Waals surface area (Å²) >= 11 is 0. The first-order valence-corrected chi connectivity index (χ1v) is 9.53. The van der Waals surface area contributed by atoms with Crippen LogP contribution < -0.4 is 10.0 Å². The van der Waals surface area contributed by atoms with Crippen LogP contribution in [0.15, 0.2) is 77.8 Å². The van der Waals surface area contributed by atoms with Gasteiger partial charge in [0.2, 0.25) is 0 Å². The third kappa shape index (κ3) is 4.80. The summed E-state index contributed by atoms with van der Waals surface area (Å²) in [6, 6.07) is 18.0. The average Bonchev–Trinajstić information content (AvgIpc) is 2.64. The van der Waals surface area contributed by atoms with Crippen LogP contribution in [-0.2, 0) is 16.4 Å².